The molecule has 0 aliphatic carbocycles. The van der Waals surface area contributed by atoms with E-state index in [1.54, 1.807) is 0 Å². The summed E-state index contributed by atoms with van der Waals surface area (Å²) in [5, 5.41) is 3.08. The van der Waals surface area contributed by atoms with E-state index in [0.29, 0.717) is 12.0 Å². The third-order valence-corrected chi connectivity index (χ3v) is 2.56. The van der Waals surface area contributed by atoms with Gasteiger partial charge in [0.15, 0.2) is 0 Å². The van der Waals surface area contributed by atoms with Crippen LogP contribution in [0.3, 0.4) is 0 Å². The Hall–Kier alpha value is -1.32. The van der Waals surface area contributed by atoms with Crippen LogP contribution >= 0.6 is 0 Å². The smallest absolute Gasteiger partial charge is 0.134 e. The van der Waals surface area contributed by atoms with Gasteiger partial charge in [0.2, 0.25) is 0 Å². The zero-order valence-electron chi connectivity index (χ0n) is 11.8. The molecular weight excluding hydrogens is 212 g/mol. The number of aromatic nitrogens is 2. The molecule has 17 heavy (non-hydrogen) atoms. The lowest BCUT2D eigenvalue weighted by Gasteiger charge is -2.30. The summed E-state index contributed by atoms with van der Waals surface area (Å²) in [5.74, 6) is 3.31. The summed E-state index contributed by atoms with van der Waals surface area (Å²) in [7, 11) is 1.88. The van der Waals surface area contributed by atoms with Crippen LogP contribution < -0.4 is 10.2 Å². The fourth-order valence-electron chi connectivity index (χ4n) is 1.79. The maximum atomic E-state index is 4.53. The van der Waals surface area contributed by atoms with Crippen LogP contribution in [0.15, 0.2) is 6.07 Å². The zero-order valence-corrected chi connectivity index (χ0v) is 11.8. The topological polar surface area (TPSA) is 41.0 Å². The molecule has 0 unspecified atom stereocenters. The molecule has 0 saturated heterocycles. The molecule has 0 aliphatic heterocycles. The Kier molecular flexibility index (Phi) is 4.73. The summed E-state index contributed by atoms with van der Waals surface area (Å²) in [4.78, 5) is 11.2. The van der Waals surface area contributed by atoms with Crippen LogP contribution in [0, 0.1) is 12.8 Å². The summed E-state index contributed by atoms with van der Waals surface area (Å²) < 4.78 is 0. The Morgan fingerprint density at radius 3 is 2.35 bits per heavy atom. The van der Waals surface area contributed by atoms with Crippen molar-refractivity contribution in [3.8, 4) is 0 Å². The van der Waals surface area contributed by atoms with E-state index in [4.69, 9.17) is 0 Å². The minimum atomic E-state index is 0.441. The van der Waals surface area contributed by atoms with E-state index >= 15 is 0 Å². The molecule has 0 fully saturated rings. The van der Waals surface area contributed by atoms with E-state index in [1.165, 1.54) is 0 Å². The van der Waals surface area contributed by atoms with Crippen LogP contribution in [0.5, 0.6) is 0 Å². The van der Waals surface area contributed by atoms with Crippen molar-refractivity contribution in [2.24, 2.45) is 5.92 Å². The van der Waals surface area contributed by atoms with E-state index in [0.717, 1.165) is 24.0 Å². The molecule has 0 spiro atoms. The molecule has 0 aliphatic rings. The van der Waals surface area contributed by atoms with Crippen molar-refractivity contribution < 1.29 is 0 Å². The summed E-state index contributed by atoms with van der Waals surface area (Å²) in [6.45, 7) is 11.8. The number of rotatable bonds is 5. The van der Waals surface area contributed by atoms with Gasteiger partial charge in [0.25, 0.3) is 0 Å². The molecule has 1 aromatic rings. The molecule has 0 atom stereocenters. The summed E-state index contributed by atoms with van der Waals surface area (Å²) in [6.07, 6.45) is 0. The second-order valence-electron chi connectivity index (χ2n) is 5.05. The fourth-order valence-corrected chi connectivity index (χ4v) is 1.79. The number of anilines is 2. The van der Waals surface area contributed by atoms with Gasteiger partial charge in [-0.25, -0.2) is 9.97 Å². The maximum Gasteiger partial charge on any atom is 0.134 e. The molecule has 4 heteroatoms. The second-order valence-corrected chi connectivity index (χ2v) is 5.05. The average molecular weight is 236 g/mol. The predicted molar refractivity (Wildman–Crippen MR) is 73.6 cm³/mol. The highest BCUT2D eigenvalue weighted by Gasteiger charge is 2.14. The van der Waals surface area contributed by atoms with Crippen molar-refractivity contribution in [3.63, 3.8) is 0 Å². The third kappa shape index (κ3) is 3.88. The van der Waals surface area contributed by atoms with Crippen LogP contribution in [0.25, 0.3) is 0 Å². The minimum absolute atomic E-state index is 0.441. The van der Waals surface area contributed by atoms with Crippen LogP contribution in [-0.2, 0) is 0 Å². The second kappa shape index (κ2) is 5.84. The van der Waals surface area contributed by atoms with Gasteiger partial charge in [0.05, 0.1) is 0 Å². The number of nitrogens with zero attached hydrogens (tertiary/aromatic N) is 3. The Morgan fingerprint density at radius 1 is 1.24 bits per heavy atom. The lowest BCUT2D eigenvalue weighted by atomic mass is 10.2. The van der Waals surface area contributed by atoms with Gasteiger partial charge in [0.1, 0.15) is 17.5 Å². The zero-order chi connectivity index (χ0) is 13.0. The summed E-state index contributed by atoms with van der Waals surface area (Å²) in [5.41, 5.74) is 0. The van der Waals surface area contributed by atoms with Crippen LogP contribution in [0.2, 0.25) is 0 Å². The third-order valence-electron chi connectivity index (χ3n) is 2.56. The minimum Gasteiger partial charge on any atom is -0.373 e. The molecule has 1 aromatic heterocycles. The van der Waals surface area contributed by atoms with Crippen LogP contribution in [0.4, 0.5) is 11.6 Å². The van der Waals surface area contributed by atoms with Crippen LogP contribution in [-0.4, -0.2) is 29.6 Å². The number of hydrogen-bond donors (Lipinski definition) is 1. The highest BCUT2D eigenvalue weighted by molar-refractivity contribution is 5.49. The van der Waals surface area contributed by atoms with Gasteiger partial charge in [-0.2, -0.15) is 0 Å². The molecule has 1 rings (SSSR count). The van der Waals surface area contributed by atoms with Gasteiger partial charge in [-0.05, 0) is 26.7 Å². The molecule has 0 bridgehead atoms. The van der Waals surface area contributed by atoms with Crippen molar-refractivity contribution in [3.05, 3.63) is 11.9 Å². The van der Waals surface area contributed by atoms with Gasteiger partial charge in [-0.1, -0.05) is 13.8 Å². The molecule has 4 nitrogen and oxygen atoms in total. The fraction of sp³-hybridized carbons (Fsp3) is 0.692. The molecular formula is C13H24N4. The van der Waals surface area contributed by atoms with Crippen molar-refractivity contribution in [2.75, 3.05) is 23.8 Å². The van der Waals surface area contributed by atoms with Crippen molar-refractivity contribution in [1.82, 2.24) is 9.97 Å². The van der Waals surface area contributed by atoms with Gasteiger partial charge < -0.3 is 10.2 Å². The van der Waals surface area contributed by atoms with E-state index in [2.05, 4.69) is 47.9 Å². The predicted octanol–water partition coefficient (Wildman–Crippen LogP) is 2.70. The number of nitrogens with one attached hydrogen (secondary N) is 1. The molecule has 96 valence electrons. The first-order chi connectivity index (χ1) is 7.93. The first kappa shape index (κ1) is 13.7. The van der Waals surface area contributed by atoms with Crippen molar-refractivity contribution >= 4 is 11.6 Å². The summed E-state index contributed by atoms with van der Waals surface area (Å²) in [6, 6.07) is 2.45. The Morgan fingerprint density at radius 2 is 1.88 bits per heavy atom. The first-order valence-electron chi connectivity index (χ1n) is 6.24. The van der Waals surface area contributed by atoms with E-state index in [1.807, 2.05) is 20.0 Å². The first-order valence-corrected chi connectivity index (χ1v) is 6.24. The maximum absolute atomic E-state index is 4.53. The molecule has 0 radical (unpaired) electrons. The van der Waals surface area contributed by atoms with E-state index in [9.17, 15) is 0 Å². The Labute approximate surface area is 104 Å². The number of aryl methyl sites for hydroxylation is 1. The largest absolute Gasteiger partial charge is 0.373 e. The van der Waals surface area contributed by atoms with Crippen LogP contribution in [0.1, 0.15) is 33.5 Å². The standard InChI is InChI=1S/C13H24N4/c1-9(2)8-17(10(3)4)13-7-12(14-6)15-11(5)16-13/h7,9-10H,8H2,1-6H3,(H,14,15,16). The van der Waals surface area contributed by atoms with Crippen molar-refractivity contribution in [2.45, 2.75) is 40.7 Å². The van der Waals surface area contributed by atoms with Gasteiger partial charge in [-0.3, -0.25) is 0 Å². The molecule has 1 N–H and O–H groups in total. The molecule has 0 aromatic carbocycles. The number of hydrogen-bond acceptors (Lipinski definition) is 4. The normalized spacial score (nSPS) is 11.1. The van der Waals surface area contributed by atoms with Crippen molar-refractivity contribution in [1.29, 1.82) is 0 Å². The van der Waals surface area contributed by atoms with Gasteiger partial charge in [0, 0.05) is 25.7 Å². The Bertz CT molecular complexity index is 360. The summed E-state index contributed by atoms with van der Waals surface area (Å²) >= 11 is 0. The molecule has 0 saturated carbocycles. The quantitative estimate of drug-likeness (QED) is 0.853. The van der Waals surface area contributed by atoms with E-state index in [-0.39, 0.29) is 0 Å². The average Bonchev–Trinajstić information content (AvgIpc) is 2.24. The molecule has 1 heterocycles. The Balaban J connectivity index is 3.04. The highest BCUT2D eigenvalue weighted by Crippen LogP contribution is 2.19. The molecule has 0 amide bonds. The SMILES string of the molecule is CNc1cc(N(CC(C)C)C(C)C)nc(C)n1. The monoisotopic (exact) mass is 236 g/mol. The van der Waals surface area contributed by atoms with E-state index < -0.39 is 0 Å². The lowest BCUT2D eigenvalue weighted by Crippen LogP contribution is -2.35. The van der Waals surface area contributed by atoms with Gasteiger partial charge in [-0.15, -0.1) is 0 Å². The van der Waals surface area contributed by atoms with Gasteiger partial charge >= 0.3 is 0 Å². The highest BCUT2D eigenvalue weighted by atomic mass is 15.2. The lowest BCUT2D eigenvalue weighted by molar-refractivity contribution is 0.565.